The number of amides is 1. The predicted octanol–water partition coefficient (Wildman–Crippen LogP) is 0.188. The molecule has 0 radical (unpaired) electrons. The third-order valence-electron chi connectivity index (χ3n) is 2.14. The van der Waals surface area contributed by atoms with E-state index in [2.05, 4.69) is 5.32 Å². The first kappa shape index (κ1) is 17.2. The van der Waals surface area contributed by atoms with E-state index in [0.29, 0.717) is 32.6 Å². The number of alkyl carbamates (subject to hydrolysis) is 1. The lowest BCUT2D eigenvalue weighted by Gasteiger charge is -2.22. The van der Waals surface area contributed by atoms with Gasteiger partial charge < -0.3 is 20.3 Å². The van der Waals surface area contributed by atoms with E-state index in [4.69, 9.17) is 14.9 Å². The molecule has 0 fully saturated rings. The SMILES string of the molecule is CC(C)(C)OC(=O)NCCN(CCO)CCCO. The minimum Gasteiger partial charge on any atom is -0.444 e. The van der Waals surface area contributed by atoms with Crippen LogP contribution in [0.2, 0.25) is 0 Å². The Kier molecular flexibility index (Phi) is 8.70. The van der Waals surface area contributed by atoms with Gasteiger partial charge in [-0.1, -0.05) is 0 Å². The molecule has 0 rings (SSSR count). The van der Waals surface area contributed by atoms with Gasteiger partial charge in [-0.25, -0.2) is 4.79 Å². The van der Waals surface area contributed by atoms with Crippen molar-refractivity contribution in [1.82, 2.24) is 10.2 Å². The molecule has 0 saturated carbocycles. The van der Waals surface area contributed by atoms with E-state index in [1.54, 1.807) is 0 Å². The molecule has 0 aromatic rings. The zero-order valence-corrected chi connectivity index (χ0v) is 11.6. The Morgan fingerprint density at radius 3 is 2.33 bits per heavy atom. The molecule has 6 nitrogen and oxygen atoms in total. The van der Waals surface area contributed by atoms with Crippen molar-refractivity contribution >= 4 is 6.09 Å². The first-order chi connectivity index (χ1) is 8.39. The fourth-order valence-corrected chi connectivity index (χ4v) is 1.40. The van der Waals surface area contributed by atoms with Gasteiger partial charge in [0.2, 0.25) is 0 Å². The summed E-state index contributed by atoms with van der Waals surface area (Å²) in [6.07, 6.45) is 0.223. The highest BCUT2D eigenvalue weighted by Crippen LogP contribution is 2.06. The number of aliphatic hydroxyl groups excluding tert-OH is 2. The monoisotopic (exact) mass is 262 g/mol. The lowest BCUT2D eigenvalue weighted by Crippen LogP contribution is -2.39. The molecular formula is C12H26N2O4. The van der Waals surface area contributed by atoms with E-state index in [9.17, 15) is 4.79 Å². The maximum absolute atomic E-state index is 11.4. The molecule has 0 spiro atoms. The molecule has 0 aliphatic heterocycles. The van der Waals surface area contributed by atoms with Crippen molar-refractivity contribution in [2.75, 3.05) is 39.4 Å². The molecule has 0 bridgehead atoms. The molecule has 0 saturated heterocycles. The number of nitrogens with zero attached hydrogens (tertiary/aromatic N) is 1. The summed E-state index contributed by atoms with van der Waals surface area (Å²) in [4.78, 5) is 13.4. The molecule has 0 heterocycles. The molecule has 108 valence electrons. The molecule has 0 aliphatic rings. The topological polar surface area (TPSA) is 82.0 Å². The molecule has 3 N–H and O–H groups in total. The van der Waals surface area contributed by atoms with Crippen LogP contribution in [-0.2, 0) is 4.74 Å². The highest BCUT2D eigenvalue weighted by molar-refractivity contribution is 5.67. The minimum absolute atomic E-state index is 0.0673. The van der Waals surface area contributed by atoms with E-state index < -0.39 is 11.7 Å². The first-order valence-electron chi connectivity index (χ1n) is 6.30. The lowest BCUT2D eigenvalue weighted by molar-refractivity contribution is 0.0520. The van der Waals surface area contributed by atoms with Gasteiger partial charge in [0.05, 0.1) is 6.61 Å². The summed E-state index contributed by atoms with van der Waals surface area (Å²) in [6.45, 7) is 7.95. The number of ether oxygens (including phenoxy) is 1. The maximum atomic E-state index is 11.4. The standard InChI is InChI=1S/C12H26N2O4/c1-12(2,3)18-11(17)13-5-7-14(8-10-16)6-4-9-15/h15-16H,4-10H2,1-3H3,(H,13,17). The van der Waals surface area contributed by atoms with Crippen LogP contribution in [0.3, 0.4) is 0 Å². The Labute approximate surface area is 109 Å². The number of hydrogen-bond acceptors (Lipinski definition) is 5. The van der Waals surface area contributed by atoms with Crippen LogP contribution in [0, 0.1) is 0 Å². The van der Waals surface area contributed by atoms with Gasteiger partial charge in [-0.15, -0.1) is 0 Å². The summed E-state index contributed by atoms with van der Waals surface area (Å²) in [6, 6.07) is 0. The van der Waals surface area contributed by atoms with Crippen LogP contribution in [0.15, 0.2) is 0 Å². The van der Waals surface area contributed by atoms with Crippen LogP contribution in [0.4, 0.5) is 4.79 Å². The number of hydrogen-bond donors (Lipinski definition) is 3. The lowest BCUT2D eigenvalue weighted by atomic mass is 10.2. The molecular weight excluding hydrogens is 236 g/mol. The van der Waals surface area contributed by atoms with Crippen LogP contribution in [0.1, 0.15) is 27.2 Å². The summed E-state index contributed by atoms with van der Waals surface area (Å²) in [7, 11) is 0. The second-order valence-corrected chi connectivity index (χ2v) is 5.07. The smallest absolute Gasteiger partial charge is 0.407 e. The highest BCUT2D eigenvalue weighted by atomic mass is 16.6. The number of rotatable bonds is 8. The van der Waals surface area contributed by atoms with Crippen LogP contribution < -0.4 is 5.32 Å². The highest BCUT2D eigenvalue weighted by Gasteiger charge is 2.15. The average Bonchev–Trinajstić information content (AvgIpc) is 2.23. The molecule has 0 aromatic carbocycles. The summed E-state index contributed by atoms with van der Waals surface area (Å²) in [5.41, 5.74) is -0.494. The van der Waals surface area contributed by atoms with Gasteiger partial charge in [0.1, 0.15) is 5.60 Å². The van der Waals surface area contributed by atoms with Crippen molar-refractivity contribution in [2.24, 2.45) is 0 Å². The van der Waals surface area contributed by atoms with Crippen molar-refractivity contribution in [3.63, 3.8) is 0 Å². The Hall–Kier alpha value is -0.850. The molecule has 6 heteroatoms. The number of aliphatic hydroxyl groups is 2. The van der Waals surface area contributed by atoms with Crippen molar-refractivity contribution in [1.29, 1.82) is 0 Å². The molecule has 18 heavy (non-hydrogen) atoms. The maximum Gasteiger partial charge on any atom is 0.407 e. The van der Waals surface area contributed by atoms with Crippen molar-refractivity contribution < 1.29 is 19.7 Å². The summed E-state index contributed by atoms with van der Waals surface area (Å²) in [5.74, 6) is 0. The Bertz CT molecular complexity index is 229. The zero-order chi connectivity index (χ0) is 14.0. The van der Waals surface area contributed by atoms with Gasteiger partial charge in [0, 0.05) is 32.8 Å². The number of nitrogens with one attached hydrogen (secondary N) is 1. The van der Waals surface area contributed by atoms with Gasteiger partial charge in [-0.05, 0) is 27.2 Å². The van der Waals surface area contributed by atoms with Gasteiger partial charge in [-0.2, -0.15) is 0 Å². The molecule has 0 aromatic heterocycles. The van der Waals surface area contributed by atoms with E-state index in [1.807, 2.05) is 25.7 Å². The van der Waals surface area contributed by atoms with Crippen molar-refractivity contribution in [2.45, 2.75) is 32.8 Å². The summed E-state index contributed by atoms with van der Waals surface area (Å²) in [5, 5.41) is 20.3. The quantitative estimate of drug-likeness (QED) is 0.581. The summed E-state index contributed by atoms with van der Waals surface area (Å²) < 4.78 is 5.10. The molecule has 0 atom stereocenters. The van der Waals surface area contributed by atoms with E-state index in [0.717, 1.165) is 0 Å². The normalized spacial score (nSPS) is 11.7. The Morgan fingerprint density at radius 1 is 1.17 bits per heavy atom. The van der Waals surface area contributed by atoms with E-state index in [1.165, 1.54) is 0 Å². The van der Waals surface area contributed by atoms with Crippen molar-refractivity contribution in [3.05, 3.63) is 0 Å². The first-order valence-corrected chi connectivity index (χ1v) is 6.30. The van der Waals surface area contributed by atoms with Gasteiger partial charge in [0.25, 0.3) is 0 Å². The van der Waals surface area contributed by atoms with Crippen LogP contribution in [0.25, 0.3) is 0 Å². The van der Waals surface area contributed by atoms with E-state index >= 15 is 0 Å². The van der Waals surface area contributed by atoms with Crippen LogP contribution in [-0.4, -0.2) is 66.2 Å². The largest absolute Gasteiger partial charge is 0.444 e. The zero-order valence-electron chi connectivity index (χ0n) is 11.6. The van der Waals surface area contributed by atoms with Gasteiger partial charge in [0.15, 0.2) is 0 Å². The fourth-order valence-electron chi connectivity index (χ4n) is 1.40. The third kappa shape index (κ3) is 10.3. The van der Waals surface area contributed by atoms with E-state index in [-0.39, 0.29) is 13.2 Å². The van der Waals surface area contributed by atoms with Gasteiger partial charge in [-0.3, -0.25) is 4.90 Å². The summed E-state index contributed by atoms with van der Waals surface area (Å²) >= 11 is 0. The Morgan fingerprint density at radius 2 is 1.83 bits per heavy atom. The second kappa shape index (κ2) is 9.13. The fraction of sp³-hybridized carbons (Fsp3) is 0.917. The van der Waals surface area contributed by atoms with Crippen molar-refractivity contribution in [3.8, 4) is 0 Å². The van der Waals surface area contributed by atoms with Crippen LogP contribution >= 0.6 is 0 Å². The minimum atomic E-state index is -0.494. The predicted molar refractivity (Wildman–Crippen MR) is 69.5 cm³/mol. The molecule has 0 aliphatic carbocycles. The molecule has 0 unspecified atom stereocenters. The number of carbonyl (C=O) groups is 1. The van der Waals surface area contributed by atoms with Gasteiger partial charge >= 0.3 is 6.09 Å². The average molecular weight is 262 g/mol. The Balaban J connectivity index is 3.80. The van der Waals surface area contributed by atoms with Crippen LogP contribution in [0.5, 0.6) is 0 Å². The third-order valence-corrected chi connectivity index (χ3v) is 2.14. The molecule has 1 amide bonds. The second-order valence-electron chi connectivity index (χ2n) is 5.07. The number of carbonyl (C=O) groups excluding carboxylic acids is 1.